The molecule has 2 aromatic rings. The minimum atomic E-state index is -1.36. The summed E-state index contributed by atoms with van der Waals surface area (Å²) in [4.78, 5) is 22.6. The number of alkyl halides is 1. The summed E-state index contributed by atoms with van der Waals surface area (Å²) < 4.78 is 22.6. The number of esters is 1. The van der Waals surface area contributed by atoms with Gasteiger partial charge in [0.15, 0.2) is 0 Å². The Morgan fingerprint density at radius 2 is 1.68 bits per heavy atom. The van der Waals surface area contributed by atoms with E-state index in [1.807, 2.05) is 0 Å². The quantitative estimate of drug-likeness (QED) is 0.604. The van der Waals surface area contributed by atoms with Crippen LogP contribution in [0.3, 0.4) is 0 Å². The first kappa shape index (κ1) is 16.0. The lowest BCUT2D eigenvalue weighted by Gasteiger charge is -2.17. The summed E-state index contributed by atoms with van der Waals surface area (Å²) in [6.45, 7) is 1.19. The topological polar surface area (TPSA) is 52.6 Å². The summed E-state index contributed by atoms with van der Waals surface area (Å²) in [6.07, 6.45) is -1.36. The Hall–Kier alpha value is -2.40. The van der Waals surface area contributed by atoms with Gasteiger partial charge in [0.2, 0.25) is 11.7 Å². The Morgan fingerprint density at radius 3 is 2.27 bits per heavy atom. The number of halogens is 2. The summed E-state index contributed by atoms with van der Waals surface area (Å²) >= 11 is 6.00. The van der Waals surface area contributed by atoms with Crippen molar-refractivity contribution in [1.82, 2.24) is 0 Å². The molecule has 2 rings (SSSR count). The smallest absolute Gasteiger partial charge is 0.418 e. The highest BCUT2D eigenvalue weighted by Crippen LogP contribution is 2.26. The van der Waals surface area contributed by atoms with Crippen molar-refractivity contribution in [1.29, 1.82) is 0 Å². The first-order valence-corrected chi connectivity index (χ1v) is 6.73. The second kappa shape index (κ2) is 7.56. The van der Waals surface area contributed by atoms with E-state index in [1.54, 1.807) is 30.3 Å². The molecule has 22 heavy (non-hydrogen) atoms. The molecule has 0 aromatic heterocycles. The largest absolute Gasteiger partial charge is 0.438 e. The van der Waals surface area contributed by atoms with Crippen LogP contribution in [0.5, 0.6) is 0 Å². The van der Waals surface area contributed by atoms with E-state index in [0.717, 1.165) is 12.1 Å². The molecule has 0 saturated heterocycles. The van der Waals surface area contributed by atoms with Crippen molar-refractivity contribution < 1.29 is 23.5 Å². The number of carbonyl (C=O) groups excluding carboxylic acids is 2. The van der Waals surface area contributed by atoms with Gasteiger partial charge in [-0.15, -0.1) is 0 Å². The molecule has 2 atom stereocenters. The fourth-order valence-corrected chi connectivity index (χ4v) is 2.01. The number of rotatable bonds is 6. The second-order valence-electron chi connectivity index (χ2n) is 4.30. The van der Waals surface area contributed by atoms with Crippen LogP contribution >= 0.6 is 11.6 Å². The number of hydrogen-bond donors (Lipinski definition) is 0. The minimum absolute atomic E-state index is 0.256. The molecule has 0 bridgehead atoms. The molecule has 0 amide bonds. The molecule has 0 aliphatic carbocycles. The third kappa shape index (κ3) is 4.05. The fourth-order valence-electron chi connectivity index (χ4n) is 1.77. The van der Waals surface area contributed by atoms with E-state index in [0.29, 0.717) is 5.56 Å². The summed E-state index contributed by atoms with van der Waals surface area (Å²) in [5.41, 5.74) is -0.205. The Morgan fingerprint density at radius 1 is 1.05 bits per heavy atom. The normalized spacial score (nSPS) is 13.0. The van der Waals surface area contributed by atoms with Crippen molar-refractivity contribution in [3.63, 3.8) is 0 Å². The second-order valence-corrected chi connectivity index (χ2v) is 4.69. The highest BCUT2D eigenvalue weighted by molar-refractivity contribution is 6.20. The Kier molecular flexibility index (Phi) is 5.49. The third-order valence-electron chi connectivity index (χ3n) is 2.83. The van der Waals surface area contributed by atoms with Crippen molar-refractivity contribution >= 4 is 24.0 Å². The zero-order valence-corrected chi connectivity index (χ0v) is 12.0. The maximum absolute atomic E-state index is 12.9. The lowest BCUT2D eigenvalue weighted by atomic mass is 10.1. The van der Waals surface area contributed by atoms with Crippen LogP contribution < -0.4 is 0 Å². The summed E-state index contributed by atoms with van der Waals surface area (Å²) in [7, 11) is 0. The lowest BCUT2D eigenvalue weighted by Crippen LogP contribution is -2.19. The van der Waals surface area contributed by atoms with Crippen LogP contribution in [0.4, 0.5) is 4.39 Å². The number of hydrogen-bond acceptors (Lipinski definition) is 4. The predicted molar refractivity (Wildman–Crippen MR) is 77.0 cm³/mol. The molecular weight excluding hydrogens is 311 g/mol. The van der Waals surface area contributed by atoms with Crippen molar-refractivity contribution in [2.75, 3.05) is 0 Å². The van der Waals surface area contributed by atoms with Crippen LogP contribution in [-0.4, -0.2) is 12.4 Å². The molecule has 0 N–H and O–H groups in total. The van der Waals surface area contributed by atoms with E-state index in [4.69, 9.17) is 16.3 Å². The molecule has 0 heterocycles. The average Bonchev–Trinajstić information content (AvgIpc) is 2.54. The van der Waals surface area contributed by atoms with Gasteiger partial charge in [-0.3, -0.25) is 0 Å². The summed E-state index contributed by atoms with van der Waals surface area (Å²) in [5, 5.41) is 0. The van der Waals surface area contributed by atoms with Crippen molar-refractivity contribution in [2.45, 2.75) is 11.7 Å². The van der Waals surface area contributed by atoms with Gasteiger partial charge in [0.25, 0.3) is 0 Å². The molecule has 4 nitrogen and oxygen atoms in total. The molecule has 0 spiro atoms. The van der Waals surface area contributed by atoms with Crippen LogP contribution in [0.2, 0.25) is 0 Å². The molecule has 1 radical (unpaired) electrons. The van der Waals surface area contributed by atoms with Gasteiger partial charge in [-0.05, 0) is 12.1 Å². The van der Waals surface area contributed by atoms with Crippen LogP contribution in [0, 0.1) is 5.82 Å². The van der Waals surface area contributed by atoms with Gasteiger partial charge < -0.3 is 9.47 Å². The molecule has 2 unspecified atom stereocenters. The van der Waals surface area contributed by atoms with E-state index in [1.165, 1.54) is 18.6 Å². The zero-order valence-electron chi connectivity index (χ0n) is 11.2. The van der Waals surface area contributed by atoms with Gasteiger partial charge in [0.05, 0.1) is 0 Å². The molecule has 0 saturated carbocycles. The third-order valence-corrected chi connectivity index (χ3v) is 3.18. The first-order chi connectivity index (χ1) is 10.6. The van der Waals surface area contributed by atoms with Gasteiger partial charge in [-0.1, -0.05) is 54.1 Å². The van der Waals surface area contributed by atoms with Crippen LogP contribution in [0.25, 0.3) is 0 Å². The Balaban J connectivity index is 2.13. The van der Waals surface area contributed by atoms with E-state index in [2.05, 4.69) is 4.74 Å². The molecule has 113 valence electrons. The SMILES string of the molecule is O=[C]OC(C(=O)OC(Cl)c1ccccc1)c1ccc(F)cc1. The Bertz CT molecular complexity index is 630. The summed E-state index contributed by atoms with van der Waals surface area (Å²) in [6, 6.07) is 13.5. The van der Waals surface area contributed by atoms with Crippen molar-refractivity contribution in [2.24, 2.45) is 0 Å². The van der Waals surface area contributed by atoms with Crippen LogP contribution in [0.1, 0.15) is 22.8 Å². The maximum Gasteiger partial charge on any atom is 0.418 e. The molecule has 0 fully saturated rings. The number of carbonyl (C=O) groups is 1. The van der Waals surface area contributed by atoms with Gasteiger partial charge in [0, 0.05) is 11.1 Å². The maximum atomic E-state index is 12.9. The van der Waals surface area contributed by atoms with Crippen molar-refractivity contribution in [3.8, 4) is 0 Å². The zero-order chi connectivity index (χ0) is 15.9. The number of benzene rings is 2. The monoisotopic (exact) mass is 321 g/mol. The van der Waals surface area contributed by atoms with Gasteiger partial charge in [-0.2, -0.15) is 0 Å². The lowest BCUT2D eigenvalue weighted by molar-refractivity contribution is -0.155. The van der Waals surface area contributed by atoms with Gasteiger partial charge >= 0.3 is 12.4 Å². The highest BCUT2D eigenvalue weighted by atomic mass is 35.5. The van der Waals surface area contributed by atoms with E-state index < -0.39 is 23.5 Å². The van der Waals surface area contributed by atoms with Gasteiger partial charge in [-0.25, -0.2) is 14.0 Å². The van der Waals surface area contributed by atoms with Crippen LogP contribution in [0.15, 0.2) is 54.6 Å². The van der Waals surface area contributed by atoms with E-state index in [9.17, 15) is 14.0 Å². The van der Waals surface area contributed by atoms with E-state index >= 15 is 0 Å². The van der Waals surface area contributed by atoms with Crippen LogP contribution in [-0.2, 0) is 19.1 Å². The predicted octanol–water partition coefficient (Wildman–Crippen LogP) is 3.43. The Labute approximate surface area is 131 Å². The summed E-state index contributed by atoms with van der Waals surface area (Å²) in [5.74, 6) is -1.36. The minimum Gasteiger partial charge on any atom is -0.438 e. The molecule has 0 aliphatic heterocycles. The van der Waals surface area contributed by atoms with E-state index in [-0.39, 0.29) is 5.56 Å². The standard InChI is InChI=1S/C16H11ClFO4/c17-15(12-4-2-1-3-5-12)22-16(20)14(21-10-19)11-6-8-13(18)9-7-11/h1-9,14-15H. The molecule has 6 heteroatoms. The van der Waals surface area contributed by atoms with Gasteiger partial charge in [0.1, 0.15) is 5.82 Å². The molecule has 2 aromatic carbocycles. The number of ether oxygens (including phenoxy) is 2. The highest BCUT2D eigenvalue weighted by Gasteiger charge is 2.27. The fraction of sp³-hybridized carbons (Fsp3) is 0.125. The first-order valence-electron chi connectivity index (χ1n) is 6.29. The molecular formula is C16H11ClFO4. The average molecular weight is 322 g/mol. The van der Waals surface area contributed by atoms with Crippen molar-refractivity contribution in [3.05, 3.63) is 71.5 Å². The molecule has 0 aliphatic rings.